The van der Waals surface area contributed by atoms with Gasteiger partial charge in [-0.1, -0.05) is 0 Å². The predicted octanol–water partition coefficient (Wildman–Crippen LogP) is 0.444. The maximum atomic E-state index is 11.1. The SMILES string of the molecule is Cl.NC(=O)c1ccc(N2CCN(CC3(O)CCNCC3)CC2)cc1. The fourth-order valence-electron chi connectivity index (χ4n) is 3.47. The highest BCUT2D eigenvalue weighted by Gasteiger charge is 2.32. The number of halogens is 1. The van der Waals surface area contributed by atoms with Gasteiger partial charge in [0.1, 0.15) is 0 Å². The molecule has 3 rings (SSSR count). The first-order valence-electron chi connectivity index (χ1n) is 8.36. The molecule has 0 radical (unpaired) electrons. The van der Waals surface area contributed by atoms with Gasteiger partial charge in [-0.05, 0) is 50.2 Å². The number of primary amides is 1. The summed E-state index contributed by atoms with van der Waals surface area (Å²) in [5, 5.41) is 13.9. The van der Waals surface area contributed by atoms with Crippen molar-refractivity contribution in [1.29, 1.82) is 0 Å². The van der Waals surface area contributed by atoms with Crippen LogP contribution in [0.4, 0.5) is 5.69 Å². The zero-order chi connectivity index (χ0) is 16.3. The first-order chi connectivity index (χ1) is 11.1. The standard InChI is InChI=1S/C17H26N4O2.ClH/c18-16(22)14-1-3-15(4-2-14)21-11-9-20(10-12-21)13-17(23)5-7-19-8-6-17;/h1-4,19,23H,5-13H2,(H2,18,22);1H. The van der Waals surface area contributed by atoms with Gasteiger partial charge >= 0.3 is 0 Å². The second-order valence-corrected chi connectivity index (χ2v) is 6.65. The summed E-state index contributed by atoms with van der Waals surface area (Å²) in [5.74, 6) is -0.392. The second kappa shape index (κ2) is 8.16. The lowest BCUT2D eigenvalue weighted by Gasteiger charge is -2.41. The monoisotopic (exact) mass is 354 g/mol. The molecule has 0 atom stereocenters. The van der Waals surface area contributed by atoms with Gasteiger partial charge in [-0.2, -0.15) is 0 Å². The van der Waals surface area contributed by atoms with Crippen LogP contribution in [0.25, 0.3) is 0 Å². The molecule has 0 spiro atoms. The number of rotatable bonds is 4. The molecule has 1 amide bonds. The highest BCUT2D eigenvalue weighted by molar-refractivity contribution is 5.93. The molecule has 0 saturated carbocycles. The van der Waals surface area contributed by atoms with Crippen LogP contribution in [0.15, 0.2) is 24.3 Å². The molecule has 2 saturated heterocycles. The number of piperazine rings is 1. The molecule has 0 bridgehead atoms. The Labute approximate surface area is 149 Å². The van der Waals surface area contributed by atoms with Crippen molar-refractivity contribution in [3.05, 3.63) is 29.8 Å². The topological polar surface area (TPSA) is 81.8 Å². The van der Waals surface area contributed by atoms with Crippen LogP contribution >= 0.6 is 12.4 Å². The Kier molecular flexibility index (Phi) is 6.46. The summed E-state index contributed by atoms with van der Waals surface area (Å²) in [6, 6.07) is 7.47. The Hall–Kier alpha value is -1.34. The summed E-state index contributed by atoms with van der Waals surface area (Å²) in [7, 11) is 0. The average molecular weight is 355 g/mol. The van der Waals surface area contributed by atoms with E-state index in [0.717, 1.165) is 64.3 Å². The van der Waals surface area contributed by atoms with Crippen molar-refractivity contribution in [2.45, 2.75) is 18.4 Å². The minimum absolute atomic E-state index is 0. The number of hydrogen-bond acceptors (Lipinski definition) is 5. The Morgan fingerprint density at radius 1 is 1.12 bits per heavy atom. The van der Waals surface area contributed by atoms with Crippen molar-refractivity contribution in [2.75, 3.05) is 50.7 Å². The van der Waals surface area contributed by atoms with Gasteiger partial charge in [-0.15, -0.1) is 12.4 Å². The van der Waals surface area contributed by atoms with Crippen LogP contribution in [0.5, 0.6) is 0 Å². The molecular formula is C17H27ClN4O2. The largest absolute Gasteiger partial charge is 0.388 e. The van der Waals surface area contributed by atoms with E-state index in [2.05, 4.69) is 15.1 Å². The summed E-state index contributed by atoms with van der Waals surface area (Å²) >= 11 is 0. The number of benzene rings is 1. The highest BCUT2D eigenvalue weighted by Crippen LogP contribution is 2.22. The van der Waals surface area contributed by atoms with Gasteiger partial charge in [0.25, 0.3) is 0 Å². The zero-order valence-corrected chi connectivity index (χ0v) is 14.7. The summed E-state index contributed by atoms with van der Waals surface area (Å²) < 4.78 is 0. The van der Waals surface area contributed by atoms with Crippen molar-refractivity contribution >= 4 is 24.0 Å². The molecule has 2 fully saturated rings. The minimum atomic E-state index is -0.531. The number of nitrogens with zero attached hydrogens (tertiary/aromatic N) is 2. The molecule has 2 heterocycles. The van der Waals surface area contributed by atoms with Crippen LogP contribution in [-0.2, 0) is 0 Å². The summed E-state index contributed by atoms with van der Waals surface area (Å²) in [5.41, 5.74) is 6.41. The number of carbonyl (C=O) groups excluding carboxylic acids is 1. The molecule has 6 nitrogen and oxygen atoms in total. The number of amides is 1. The molecule has 2 aliphatic rings. The molecule has 0 unspecified atom stereocenters. The lowest BCUT2D eigenvalue weighted by atomic mass is 9.91. The van der Waals surface area contributed by atoms with Gasteiger partial charge < -0.3 is 21.1 Å². The summed E-state index contributed by atoms with van der Waals surface area (Å²) in [6.45, 7) is 6.35. The van der Waals surface area contributed by atoms with E-state index in [1.807, 2.05) is 12.1 Å². The number of nitrogens with two attached hydrogens (primary N) is 1. The number of β-amino-alcohol motifs (C(OH)–C–C–N with tert-alkyl or cyclic N) is 1. The number of nitrogens with one attached hydrogen (secondary N) is 1. The second-order valence-electron chi connectivity index (χ2n) is 6.65. The smallest absolute Gasteiger partial charge is 0.248 e. The van der Waals surface area contributed by atoms with Crippen molar-refractivity contribution < 1.29 is 9.90 Å². The van der Waals surface area contributed by atoms with Crippen molar-refractivity contribution in [3.8, 4) is 0 Å². The normalized spacial score (nSPS) is 21.1. The van der Waals surface area contributed by atoms with Crippen LogP contribution in [0.1, 0.15) is 23.2 Å². The summed E-state index contributed by atoms with van der Waals surface area (Å²) in [6.07, 6.45) is 1.67. The molecular weight excluding hydrogens is 328 g/mol. The van der Waals surface area contributed by atoms with Crippen molar-refractivity contribution in [3.63, 3.8) is 0 Å². The molecule has 134 valence electrons. The van der Waals surface area contributed by atoms with Crippen LogP contribution in [-0.4, -0.2) is 67.3 Å². The average Bonchev–Trinajstić information content (AvgIpc) is 2.56. The maximum absolute atomic E-state index is 11.1. The van der Waals surface area contributed by atoms with E-state index in [9.17, 15) is 9.90 Å². The number of hydrogen-bond donors (Lipinski definition) is 3. The highest BCUT2D eigenvalue weighted by atomic mass is 35.5. The molecule has 24 heavy (non-hydrogen) atoms. The third-order valence-corrected chi connectivity index (χ3v) is 4.94. The zero-order valence-electron chi connectivity index (χ0n) is 13.9. The minimum Gasteiger partial charge on any atom is -0.388 e. The number of piperidine rings is 1. The molecule has 0 aromatic heterocycles. The predicted molar refractivity (Wildman–Crippen MR) is 97.9 cm³/mol. The Morgan fingerprint density at radius 2 is 1.71 bits per heavy atom. The van der Waals surface area contributed by atoms with Gasteiger partial charge in [0.2, 0.25) is 5.91 Å². The van der Waals surface area contributed by atoms with Crippen LogP contribution in [0.2, 0.25) is 0 Å². The lowest BCUT2D eigenvalue weighted by molar-refractivity contribution is -0.0218. The first kappa shape index (κ1) is 19.0. The fraction of sp³-hybridized carbons (Fsp3) is 0.588. The quantitative estimate of drug-likeness (QED) is 0.731. The number of aliphatic hydroxyl groups is 1. The molecule has 1 aromatic carbocycles. The number of anilines is 1. The van der Waals surface area contributed by atoms with Gasteiger partial charge in [0.05, 0.1) is 5.60 Å². The van der Waals surface area contributed by atoms with E-state index in [1.165, 1.54) is 0 Å². The maximum Gasteiger partial charge on any atom is 0.248 e. The van der Waals surface area contributed by atoms with Crippen LogP contribution in [0.3, 0.4) is 0 Å². The third kappa shape index (κ3) is 4.60. The van der Waals surface area contributed by atoms with Gasteiger partial charge in [-0.25, -0.2) is 0 Å². The Bertz CT molecular complexity index is 538. The molecule has 0 aliphatic carbocycles. The van der Waals surface area contributed by atoms with Crippen molar-refractivity contribution in [1.82, 2.24) is 10.2 Å². The van der Waals surface area contributed by atoms with Crippen LogP contribution < -0.4 is 16.0 Å². The number of carbonyl (C=O) groups is 1. The van der Waals surface area contributed by atoms with E-state index in [0.29, 0.717) is 5.56 Å². The van der Waals surface area contributed by atoms with E-state index >= 15 is 0 Å². The molecule has 4 N–H and O–H groups in total. The van der Waals surface area contributed by atoms with Crippen molar-refractivity contribution in [2.24, 2.45) is 5.73 Å². The Morgan fingerprint density at radius 3 is 2.25 bits per heavy atom. The van der Waals surface area contributed by atoms with E-state index in [4.69, 9.17) is 5.73 Å². The molecule has 2 aliphatic heterocycles. The first-order valence-corrected chi connectivity index (χ1v) is 8.36. The van der Waals surface area contributed by atoms with Gasteiger partial charge in [0, 0.05) is 44.0 Å². The third-order valence-electron chi connectivity index (χ3n) is 4.94. The van der Waals surface area contributed by atoms with Gasteiger partial charge in [0.15, 0.2) is 0 Å². The van der Waals surface area contributed by atoms with Gasteiger partial charge in [-0.3, -0.25) is 9.69 Å². The molecule has 7 heteroatoms. The van der Waals surface area contributed by atoms with E-state index in [-0.39, 0.29) is 12.4 Å². The van der Waals surface area contributed by atoms with Crippen LogP contribution in [0, 0.1) is 0 Å². The van der Waals surface area contributed by atoms with E-state index < -0.39 is 11.5 Å². The molecule has 1 aromatic rings. The van der Waals surface area contributed by atoms with E-state index in [1.54, 1.807) is 12.1 Å². The summed E-state index contributed by atoms with van der Waals surface area (Å²) in [4.78, 5) is 15.8. The Balaban J connectivity index is 0.00000208. The lowest BCUT2D eigenvalue weighted by Crippen LogP contribution is -2.54. The fourth-order valence-corrected chi connectivity index (χ4v) is 3.47.